The van der Waals surface area contributed by atoms with Crippen LogP contribution in [0.25, 0.3) is 28.0 Å². The first-order valence-corrected chi connectivity index (χ1v) is 12.3. The van der Waals surface area contributed by atoms with E-state index in [1.54, 1.807) is 0 Å². The van der Waals surface area contributed by atoms with Crippen LogP contribution in [0.1, 0.15) is 43.5 Å². The SMILES string of the molecule is NCCCCc1cccc(-c2cc(N3CCCCC3)c3cnn(-c4cccc(CO)n4)c3c2)n1. The molecule has 176 valence electrons. The van der Waals surface area contributed by atoms with Crippen molar-refractivity contribution in [2.45, 2.75) is 45.1 Å². The Balaban J connectivity index is 1.62. The van der Waals surface area contributed by atoms with Gasteiger partial charge in [0.05, 0.1) is 29.7 Å². The van der Waals surface area contributed by atoms with Gasteiger partial charge in [-0.15, -0.1) is 0 Å². The predicted molar refractivity (Wildman–Crippen MR) is 136 cm³/mol. The van der Waals surface area contributed by atoms with Crippen LogP contribution < -0.4 is 10.6 Å². The van der Waals surface area contributed by atoms with Crippen LogP contribution >= 0.6 is 0 Å². The lowest BCUT2D eigenvalue weighted by Gasteiger charge is -2.29. The molecule has 1 aliphatic heterocycles. The van der Waals surface area contributed by atoms with E-state index in [1.165, 1.54) is 24.9 Å². The van der Waals surface area contributed by atoms with E-state index in [0.29, 0.717) is 18.1 Å². The van der Waals surface area contributed by atoms with Crippen molar-refractivity contribution < 1.29 is 5.11 Å². The number of nitrogens with zero attached hydrogens (tertiary/aromatic N) is 5. The van der Waals surface area contributed by atoms with E-state index in [0.717, 1.165) is 60.2 Å². The highest BCUT2D eigenvalue weighted by Crippen LogP contribution is 2.35. The second kappa shape index (κ2) is 10.3. The molecule has 0 aliphatic carbocycles. The molecule has 1 saturated heterocycles. The lowest BCUT2D eigenvalue weighted by atomic mass is 10.0. The van der Waals surface area contributed by atoms with Crippen molar-refractivity contribution in [3.8, 4) is 17.1 Å². The molecular formula is C27H32N6O. The van der Waals surface area contributed by atoms with Gasteiger partial charge < -0.3 is 15.7 Å². The number of nitrogens with two attached hydrogens (primary N) is 1. The summed E-state index contributed by atoms with van der Waals surface area (Å²) in [6.07, 6.45) is 8.61. The highest BCUT2D eigenvalue weighted by Gasteiger charge is 2.19. The van der Waals surface area contributed by atoms with Gasteiger partial charge in [0.1, 0.15) is 0 Å². The van der Waals surface area contributed by atoms with Crippen LogP contribution in [0.4, 0.5) is 5.69 Å². The summed E-state index contributed by atoms with van der Waals surface area (Å²) >= 11 is 0. The van der Waals surface area contributed by atoms with Crippen molar-refractivity contribution in [2.24, 2.45) is 5.73 Å². The van der Waals surface area contributed by atoms with Gasteiger partial charge in [-0.1, -0.05) is 12.1 Å². The van der Waals surface area contributed by atoms with Crippen LogP contribution in [0.2, 0.25) is 0 Å². The minimum atomic E-state index is -0.0990. The Morgan fingerprint density at radius 1 is 0.912 bits per heavy atom. The van der Waals surface area contributed by atoms with Gasteiger partial charge >= 0.3 is 0 Å². The monoisotopic (exact) mass is 456 g/mol. The fourth-order valence-electron chi connectivity index (χ4n) is 4.74. The number of aliphatic hydroxyl groups excluding tert-OH is 1. The molecule has 4 heterocycles. The van der Waals surface area contributed by atoms with Gasteiger partial charge in [0.2, 0.25) is 0 Å². The van der Waals surface area contributed by atoms with Crippen LogP contribution in [0.3, 0.4) is 0 Å². The molecule has 0 amide bonds. The average Bonchev–Trinajstić information content (AvgIpc) is 3.33. The molecule has 1 aliphatic rings. The van der Waals surface area contributed by atoms with Crippen LogP contribution in [0, 0.1) is 0 Å². The summed E-state index contributed by atoms with van der Waals surface area (Å²) in [6, 6.07) is 16.3. The molecule has 0 unspecified atom stereocenters. The summed E-state index contributed by atoms with van der Waals surface area (Å²) < 4.78 is 1.87. The second-order valence-corrected chi connectivity index (χ2v) is 8.94. The Labute approximate surface area is 200 Å². The van der Waals surface area contributed by atoms with E-state index in [-0.39, 0.29) is 6.61 Å². The molecule has 3 N–H and O–H groups in total. The Morgan fingerprint density at radius 3 is 2.56 bits per heavy atom. The molecule has 5 rings (SSSR count). The number of rotatable bonds is 8. The summed E-state index contributed by atoms with van der Waals surface area (Å²) in [7, 11) is 0. The van der Waals surface area contributed by atoms with Crippen molar-refractivity contribution in [3.63, 3.8) is 0 Å². The van der Waals surface area contributed by atoms with Crippen LogP contribution in [0.5, 0.6) is 0 Å². The smallest absolute Gasteiger partial charge is 0.154 e. The summed E-state index contributed by atoms with van der Waals surface area (Å²) in [5, 5.41) is 15.4. The molecule has 0 atom stereocenters. The first kappa shape index (κ1) is 22.5. The number of pyridine rings is 2. The van der Waals surface area contributed by atoms with Crippen molar-refractivity contribution in [2.75, 3.05) is 24.5 Å². The van der Waals surface area contributed by atoms with Gasteiger partial charge in [-0.05, 0) is 81.5 Å². The van der Waals surface area contributed by atoms with E-state index in [4.69, 9.17) is 15.8 Å². The molecule has 7 heteroatoms. The van der Waals surface area contributed by atoms with Gasteiger partial charge in [-0.2, -0.15) is 5.10 Å². The maximum absolute atomic E-state index is 9.57. The molecular weight excluding hydrogens is 424 g/mol. The van der Waals surface area contributed by atoms with Gasteiger partial charge in [0, 0.05) is 35.4 Å². The lowest BCUT2D eigenvalue weighted by Crippen LogP contribution is -2.29. The largest absolute Gasteiger partial charge is 0.390 e. The maximum atomic E-state index is 9.57. The minimum Gasteiger partial charge on any atom is -0.390 e. The quantitative estimate of drug-likeness (QED) is 0.385. The van der Waals surface area contributed by atoms with Crippen molar-refractivity contribution >= 4 is 16.6 Å². The van der Waals surface area contributed by atoms with Gasteiger partial charge in [0.25, 0.3) is 0 Å². The molecule has 0 bridgehead atoms. The Morgan fingerprint density at radius 2 is 1.74 bits per heavy atom. The first-order valence-electron chi connectivity index (χ1n) is 12.3. The minimum absolute atomic E-state index is 0.0990. The van der Waals surface area contributed by atoms with Crippen molar-refractivity contribution in [1.82, 2.24) is 19.7 Å². The standard InChI is InChI=1S/C27H32N6O/c28-13-3-2-8-21-9-6-11-24(30-21)20-16-25(32-14-4-1-5-15-32)23-18-29-33(26(23)17-20)27-12-7-10-22(19-34)31-27/h6-7,9-12,16-18,34H,1-5,8,13-15,19,28H2. The van der Waals surface area contributed by atoms with Gasteiger partial charge in [-0.3, -0.25) is 4.98 Å². The zero-order chi connectivity index (χ0) is 23.3. The van der Waals surface area contributed by atoms with E-state index in [1.807, 2.05) is 29.1 Å². The fourth-order valence-corrected chi connectivity index (χ4v) is 4.74. The van der Waals surface area contributed by atoms with Crippen molar-refractivity contribution in [1.29, 1.82) is 0 Å². The zero-order valence-corrected chi connectivity index (χ0v) is 19.5. The fraction of sp³-hybridized carbons (Fsp3) is 0.370. The topological polar surface area (TPSA) is 93.1 Å². The average molecular weight is 457 g/mol. The lowest BCUT2D eigenvalue weighted by molar-refractivity contribution is 0.276. The first-order chi connectivity index (χ1) is 16.8. The van der Waals surface area contributed by atoms with Crippen LogP contribution in [-0.4, -0.2) is 44.5 Å². The highest BCUT2D eigenvalue weighted by atomic mass is 16.3. The molecule has 1 aromatic carbocycles. The predicted octanol–water partition coefficient (Wildman–Crippen LogP) is 4.25. The molecule has 0 spiro atoms. The highest BCUT2D eigenvalue weighted by molar-refractivity contribution is 5.96. The summed E-state index contributed by atoms with van der Waals surface area (Å²) in [4.78, 5) is 12.1. The van der Waals surface area contributed by atoms with E-state index in [9.17, 15) is 5.11 Å². The summed E-state index contributed by atoms with van der Waals surface area (Å²) in [6.45, 7) is 2.71. The van der Waals surface area contributed by atoms with E-state index >= 15 is 0 Å². The number of fused-ring (bicyclic) bond motifs is 1. The van der Waals surface area contributed by atoms with E-state index < -0.39 is 0 Å². The number of hydrogen-bond acceptors (Lipinski definition) is 6. The normalized spacial score (nSPS) is 14.1. The molecule has 0 saturated carbocycles. The number of unbranched alkanes of at least 4 members (excludes halogenated alkanes) is 1. The molecule has 7 nitrogen and oxygen atoms in total. The number of benzene rings is 1. The second-order valence-electron chi connectivity index (χ2n) is 8.94. The number of hydrogen-bond donors (Lipinski definition) is 2. The molecule has 0 radical (unpaired) electrons. The maximum Gasteiger partial charge on any atom is 0.154 e. The Kier molecular flexibility index (Phi) is 6.83. The summed E-state index contributed by atoms with van der Waals surface area (Å²) in [5.74, 6) is 0.701. The summed E-state index contributed by atoms with van der Waals surface area (Å²) in [5.41, 5.74) is 11.6. The van der Waals surface area contributed by atoms with Crippen molar-refractivity contribution in [3.05, 3.63) is 66.1 Å². The third kappa shape index (κ3) is 4.67. The van der Waals surface area contributed by atoms with Crippen LogP contribution in [0.15, 0.2) is 54.7 Å². The van der Waals surface area contributed by atoms with Crippen LogP contribution in [-0.2, 0) is 13.0 Å². The Bertz CT molecular complexity index is 1260. The number of anilines is 1. The van der Waals surface area contributed by atoms with Gasteiger partial charge in [0.15, 0.2) is 5.82 Å². The number of aryl methyl sites for hydroxylation is 1. The van der Waals surface area contributed by atoms with Gasteiger partial charge in [-0.25, -0.2) is 9.67 Å². The number of aliphatic hydroxyl groups is 1. The third-order valence-electron chi connectivity index (χ3n) is 6.52. The number of piperidine rings is 1. The molecule has 4 aromatic rings. The zero-order valence-electron chi connectivity index (χ0n) is 19.5. The molecule has 1 fully saturated rings. The Hall–Kier alpha value is -3.29. The third-order valence-corrected chi connectivity index (χ3v) is 6.52. The molecule has 3 aromatic heterocycles. The van der Waals surface area contributed by atoms with E-state index in [2.05, 4.69) is 40.2 Å². The number of aromatic nitrogens is 4. The molecule has 34 heavy (non-hydrogen) atoms.